The van der Waals surface area contributed by atoms with E-state index in [1.807, 2.05) is 0 Å². The molecule has 2 rings (SSSR count). The molecule has 1 aliphatic heterocycles. The summed E-state index contributed by atoms with van der Waals surface area (Å²) in [6.45, 7) is 2.00. The van der Waals surface area contributed by atoms with Crippen LogP contribution in [0.5, 0.6) is 0 Å². The second kappa shape index (κ2) is 7.95. The first-order valence-electron chi connectivity index (χ1n) is 8.29. The van der Waals surface area contributed by atoms with Crippen molar-refractivity contribution < 1.29 is 18.0 Å². The molecule has 1 fully saturated rings. The van der Waals surface area contributed by atoms with Crippen molar-refractivity contribution in [2.45, 2.75) is 51.5 Å². The summed E-state index contributed by atoms with van der Waals surface area (Å²) in [5.41, 5.74) is 1.37. The maximum atomic E-state index is 12.1. The minimum Gasteiger partial charge on any atom is -0.351 e. The third-order valence-corrected chi connectivity index (χ3v) is 6.23. The molecule has 0 aromatic heterocycles. The fraction of sp³-hybridized carbons (Fsp3) is 0.750. The van der Waals surface area contributed by atoms with Gasteiger partial charge in [-0.15, -0.1) is 0 Å². The summed E-state index contributed by atoms with van der Waals surface area (Å²) >= 11 is 0. The van der Waals surface area contributed by atoms with Gasteiger partial charge in [-0.3, -0.25) is 9.59 Å². The van der Waals surface area contributed by atoms with Gasteiger partial charge in [0.15, 0.2) is 9.84 Å². The third-order valence-electron chi connectivity index (χ3n) is 4.47. The molecule has 0 saturated carbocycles. The zero-order valence-corrected chi connectivity index (χ0v) is 14.5. The van der Waals surface area contributed by atoms with E-state index in [1.165, 1.54) is 30.2 Å². The molecule has 0 aromatic rings. The summed E-state index contributed by atoms with van der Waals surface area (Å²) in [5.74, 6) is -0.274. The molecule has 0 radical (unpaired) electrons. The average molecular weight is 342 g/mol. The Balaban J connectivity index is 1.80. The summed E-state index contributed by atoms with van der Waals surface area (Å²) in [4.78, 5) is 25.3. The normalized spacial score (nSPS) is 23.2. The fourth-order valence-corrected chi connectivity index (χ4v) is 4.79. The van der Waals surface area contributed by atoms with Crippen molar-refractivity contribution >= 4 is 21.7 Å². The number of sulfone groups is 1. The number of carbonyl (C=O) groups excluding carboxylic acids is 2. The van der Waals surface area contributed by atoms with Gasteiger partial charge in [0.2, 0.25) is 11.8 Å². The Morgan fingerprint density at radius 3 is 2.70 bits per heavy atom. The Hall–Kier alpha value is -1.37. The Morgan fingerprint density at radius 2 is 2.13 bits per heavy atom. The van der Waals surface area contributed by atoms with Crippen LogP contribution in [0.3, 0.4) is 0 Å². The predicted molar refractivity (Wildman–Crippen MR) is 88.6 cm³/mol. The molecule has 0 aromatic carbocycles. The van der Waals surface area contributed by atoms with Gasteiger partial charge in [-0.2, -0.15) is 0 Å². The van der Waals surface area contributed by atoms with E-state index in [0.29, 0.717) is 13.0 Å². The summed E-state index contributed by atoms with van der Waals surface area (Å²) in [6, 6.07) is -0.317. The van der Waals surface area contributed by atoms with Crippen LogP contribution in [0.15, 0.2) is 11.6 Å². The molecule has 6 nitrogen and oxygen atoms in total. The van der Waals surface area contributed by atoms with Crippen molar-refractivity contribution in [1.82, 2.24) is 10.2 Å². The molecule has 1 saturated heterocycles. The van der Waals surface area contributed by atoms with Crippen LogP contribution in [-0.2, 0) is 19.4 Å². The minimum atomic E-state index is -3.01. The maximum absolute atomic E-state index is 12.1. The molecule has 1 heterocycles. The molecule has 1 unspecified atom stereocenters. The first-order chi connectivity index (χ1) is 10.9. The zero-order chi connectivity index (χ0) is 16.9. The Kier molecular flexibility index (Phi) is 6.21. The number of amides is 2. The summed E-state index contributed by atoms with van der Waals surface area (Å²) < 4.78 is 22.8. The predicted octanol–water partition coefficient (Wildman–Crippen LogP) is 1.03. The zero-order valence-electron chi connectivity index (χ0n) is 13.7. The van der Waals surface area contributed by atoms with Crippen LogP contribution in [-0.4, -0.2) is 55.8 Å². The van der Waals surface area contributed by atoms with Crippen molar-refractivity contribution in [1.29, 1.82) is 0 Å². The first-order valence-corrected chi connectivity index (χ1v) is 10.1. The Bertz CT molecular complexity index is 583. The summed E-state index contributed by atoms with van der Waals surface area (Å²) in [5, 5.41) is 2.73. The molecule has 2 aliphatic rings. The van der Waals surface area contributed by atoms with E-state index in [2.05, 4.69) is 11.4 Å². The number of hydrogen-bond donors (Lipinski definition) is 1. The monoisotopic (exact) mass is 342 g/mol. The Labute approximate surface area is 138 Å². The highest BCUT2D eigenvalue weighted by atomic mass is 32.2. The van der Waals surface area contributed by atoms with Crippen molar-refractivity contribution in [3.8, 4) is 0 Å². The molecule has 0 bridgehead atoms. The SMILES string of the molecule is CC(=O)N(CCC1=CCCCC1)CC(=O)NC1CCS(=O)(=O)C1. The summed E-state index contributed by atoms with van der Waals surface area (Å²) in [6.07, 6.45) is 8.12. The molecule has 0 spiro atoms. The minimum absolute atomic E-state index is 0.000832. The van der Waals surface area contributed by atoms with Gasteiger partial charge in [0.1, 0.15) is 0 Å². The molecule has 7 heteroatoms. The number of nitrogens with one attached hydrogen (secondary N) is 1. The fourth-order valence-electron chi connectivity index (χ4n) is 3.11. The van der Waals surface area contributed by atoms with Crippen molar-refractivity contribution in [2.24, 2.45) is 0 Å². The van der Waals surface area contributed by atoms with Gasteiger partial charge >= 0.3 is 0 Å². The second-order valence-electron chi connectivity index (χ2n) is 6.47. The van der Waals surface area contributed by atoms with Crippen molar-refractivity contribution in [2.75, 3.05) is 24.6 Å². The largest absolute Gasteiger partial charge is 0.351 e. The highest BCUT2D eigenvalue weighted by molar-refractivity contribution is 7.91. The lowest BCUT2D eigenvalue weighted by atomic mass is 9.97. The van der Waals surface area contributed by atoms with Gasteiger partial charge in [-0.05, 0) is 38.5 Å². The molecule has 23 heavy (non-hydrogen) atoms. The van der Waals surface area contributed by atoms with E-state index in [1.54, 1.807) is 0 Å². The second-order valence-corrected chi connectivity index (χ2v) is 8.69. The lowest BCUT2D eigenvalue weighted by molar-refractivity contribution is -0.134. The van der Waals surface area contributed by atoms with E-state index in [9.17, 15) is 18.0 Å². The standard InChI is InChI=1S/C16H26N2O4S/c1-13(19)18(9-7-14-5-3-2-4-6-14)11-16(20)17-15-8-10-23(21,22)12-15/h5,15H,2-4,6-12H2,1H3,(H,17,20). The van der Waals surface area contributed by atoms with Crippen LogP contribution >= 0.6 is 0 Å². The molecule has 130 valence electrons. The highest BCUT2D eigenvalue weighted by Crippen LogP contribution is 2.20. The van der Waals surface area contributed by atoms with E-state index in [0.717, 1.165) is 19.3 Å². The number of nitrogens with zero attached hydrogens (tertiary/aromatic N) is 1. The maximum Gasteiger partial charge on any atom is 0.239 e. The highest BCUT2D eigenvalue weighted by Gasteiger charge is 2.29. The van der Waals surface area contributed by atoms with Gasteiger partial charge in [-0.1, -0.05) is 11.6 Å². The van der Waals surface area contributed by atoms with Crippen LogP contribution in [0.4, 0.5) is 0 Å². The topological polar surface area (TPSA) is 83.6 Å². The molecule has 1 N–H and O–H groups in total. The molecule has 1 aliphatic carbocycles. The smallest absolute Gasteiger partial charge is 0.239 e. The summed E-state index contributed by atoms with van der Waals surface area (Å²) in [7, 11) is -3.01. The molecular weight excluding hydrogens is 316 g/mol. The molecule has 2 amide bonds. The van der Waals surface area contributed by atoms with Gasteiger partial charge in [0, 0.05) is 19.5 Å². The van der Waals surface area contributed by atoms with Gasteiger partial charge in [-0.25, -0.2) is 8.42 Å². The van der Waals surface area contributed by atoms with Crippen molar-refractivity contribution in [3.05, 3.63) is 11.6 Å². The van der Waals surface area contributed by atoms with Crippen LogP contribution in [0, 0.1) is 0 Å². The Morgan fingerprint density at radius 1 is 1.35 bits per heavy atom. The van der Waals surface area contributed by atoms with Gasteiger partial charge in [0.05, 0.1) is 18.1 Å². The van der Waals surface area contributed by atoms with E-state index in [-0.39, 0.29) is 35.9 Å². The van der Waals surface area contributed by atoms with Crippen molar-refractivity contribution in [3.63, 3.8) is 0 Å². The van der Waals surface area contributed by atoms with E-state index in [4.69, 9.17) is 0 Å². The van der Waals surface area contributed by atoms with Crippen LogP contribution in [0.2, 0.25) is 0 Å². The molecular formula is C16H26N2O4S. The van der Waals surface area contributed by atoms with Crippen LogP contribution in [0.1, 0.15) is 45.4 Å². The third kappa shape index (κ3) is 5.97. The quantitative estimate of drug-likeness (QED) is 0.731. The average Bonchev–Trinajstić information content (AvgIpc) is 2.83. The lowest BCUT2D eigenvalue weighted by Gasteiger charge is -2.23. The first kappa shape index (κ1) is 18.0. The number of allylic oxidation sites excluding steroid dienone is 1. The molecule has 1 atom stereocenters. The number of carbonyl (C=O) groups is 2. The van der Waals surface area contributed by atoms with Gasteiger partial charge in [0.25, 0.3) is 0 Å². The number of rotatable bonds is 6. The van der Waals surface area contributed by atoms with E-state index < -0.39 is 9.84 Å². The van der Waals surface area contributed by atoms with Gasteiger partial charge < -0.3 is 10.2 Å². The van der Waals surface area contributed by atoms with Crippen LogP contribution < -0.4 is 5.32 Å². The van der Waals surface area contributed by atoms with Crippen LogP contribution in [0.25, 0.3) is 0 Å². The van der Waals surface area contributed by atoms with E-state index >= 15 is 0 Å². The lowest BCUT2D eigenvalue weighted by Crippen LogP contribution is -2.44. The number of hydrogen-bond acceptors (Lipinski definition) is 4.